The predicted molar refractivity (Wildman–Crippen MR) is 75.0 cm³/mol. The minimum Gasteiger partial charge on any atom is -0.297 e. The van der Waals surface area contributed by atoms with Crippen molar-refractivity contribution in [1.82, 2.24) is 5.48 Å². The largest absolute Gasteiger partial charge is 0.297 e. The third-order valence-corrected chi connectivity index (χ3v) is 4.05. The van der Waals surface area contributed by atoms with Gasteiger partial charge in [0.15, 0.2) is 0 Å². The number of hydroxylamine groups is 1. The Bertz CT molecular complexity index is 328. The summed E-state index contributed by atoms with van der Waals surface area (Å²) in [5.74, 6) is 1.74. The molecule has 1 fully saturated rings. The summed E-state index contributed by atoms with van der Waals surface area (Å²) in [5, 5.41) is 0. The maximum Gasteiger partial charge on any atom is 0.0933 e. The Hall–Kier alpha value is -0.860. The van der Waals surface area contributed by atoms with Gasteiger partial charge in [0, 0.05) is 6.04 Å². The van der Waals surface area contributed by atoms with Crippen molar-refractivity contribution >= 4 is 0 Å². The molecule has 0 radical (unpaired) electrons. The minimum atomic E-state index is 0.545. The molecule has 0 spiro atoms. The summed E-state index contributed by atoms with van der Waals surface area (Å²) < 4.78 is 0. The van der Waals surface area contributed by atoms with Gasteiger partial charge in [0.05, 0.1) is 6.61 Å². The monoisotopic (exact) mass is 247 g/mol. The molecule has 100 valence electrons. The van der Waals surface area contributed by atoms with Gasteiger partial charge in [-0.1, -0.05) is 44.2 Å². The van der Waals surface area contributed by atoms with Crippen molar-refractivity contribution in [2.24, 2.45) is 11.8 Å². The molecule has 1 aliphatic rings. The Balaban J connectivity index is 1.64. The number of rotatable bonds is 5. The molecular weight excluding hydrogens is 222 g/mol. The highest BCUT2D eigenvalue weighted by molar-refractivity contribution is 5.13. The smallest absolute Gasteiger partial charge is 0.0933 e. The van der Waals surface area contributed by atoms with Crippen molar-refractivity contribution in [2.45, 2.75) is 52.2 Å². The number of hydrogen-bond acceptors (Lipinski definition) is 2. The third-order valence-electron chi connectivity index (χ3n) is 4.05. The summed E-state index contributed by atoms with van der Waals surface area (Å²) in [6.07, 6.45) is 5.17. The molecule has 0 unspecified atom stereocenters. The van der Waals surface area contributed by atoms with Gasteiger partial charge in [-0.3, -0.25) is 4.84 Å². The summed E-state index contributed by atoms with van der Waals surface area (Å²) in [6.45, 7) is 5.33. The molecule has 2 rings (SSSR count). The Morgan fingerprint density at radius 3 is 2.39 bits per heavy atom. The molecule has 0 saturated heterocycles. The molecule has 0 aromatic heterocycles. The SMILES string of the molecule is CC(C)C1CCC(NOCc2ccccc2)CC1. The Morgan fingerprint density at radius 1 is 1.11 bits per heavy atom. The fraction of sp³-hybridized carbons (Fsp3) is 0.625. The molecule has 1 aliphatic carbocycles. The van der Waals surface area contributed by atoms with Crippen LogP contribution < -0.4 is 5.48 Å². The lowest BCUT2D eigenvalue weighted by atomic mass is 9.80. The van der Waals surface area contributed by atoms with E-state index >= 15 is 0 Å². The second kappa shape index (κ2) is 6.91. The normalized spacial score (nSPS) is 24.4. The first-order chi connectivity index (χ1) is 8.75. The van der Waals surface area contributed by atoms with E-state index in [1.54, 1.807) is 0 Å². The van der Waals surface area contributed by atoms with Gasteiger partial charge in [-0.05, 0) is 43.1 Å². The minimum absolute atomic E-state index is 0.545. The third kappa shape index (κ3) is 4.11. The number of benzene rings is 1. The maximum atomic E-state index is 5.60. The van der Waals surface area contributed by atoms with Crippen LogP contribution in [0, 0.1) is 11.8 Å². The zero-order valence-corrected chi connectivity index (χ0v) is 11.6. The topological polar surface area (TPSA) is 21.3 Å². The summed E-state index contributed by atoms with van der Waals surface area (Å²) in [7, 11) is 0. The first-order valence-electron chi connectivity index (χ1n) is 7.17. The number of hydrogen-bond donors (Lipinski definition) is 1. The maximum absolute atomic E-state index is 5.60. The van der Waals surface area contributed by atoms with E-state index in [0.717, 1.165) is 11.8 Å². The summed E-state index contributed by atoms with van der Waals surface area (Å²) in [6, 6.07) is 10.9. The van der Waals surface area contributed by atoms with E-state index in [9.17, 15) is 0 Å². The molecule has 1 aromatic rings. The Morgan fingerprint density at radius 2 is 1.78 bits per heavy atom. The molecule has 0 aliphatic heterocycles. The van der Waals surface area contributed by atoms with Gasteiger partial charge < -0.3 is 0 Å². The average molecular weight is 247 g/mol. The molecule has 1 aromatic carbocycles. The number of nitrogens with one attached hydrogen (secondary N) is 1. The molecule has 18 heavy (non-hydrogen) atoms. The highest BCUT2D eigenvalue weighted by Crippen LogP contribution is 2.29. The van der Waals surface area contributed by atoms with Crippen molar-refractivity contribution in [2.75, 3.05) is 0 Å². The van der Waals surface area contributed by atoms with Crippen molar-refractivity contribution < 1.29 is 4.84 Å². The molecular formula is C16H25NO. The van der Waals surface area contributed by atoms with Crippen molar-refractivity contribution in [3.8, 4) is 0 Å². The van der Waals surface area contributed by atoms with Crippen LogP contribution in [0.2, 0.25) is 0 Å². The van der Waals surface area contributed by atoms with Crippen LogP contribution in [0.5, 0.6) is 0 Å². The fourth-order valence-electron chi connectivity index (χ4n) is 2.72. The van der Waals surface area contributed by atoms with Gasteiger partial charge in [0.2, 0.25) is 0 Å². The summed E-state index contributed by atoms with van der Waals surface area (Å²) in [5.41, 5.74) is 4.45. The zero-order valence-electron chi connectivity index (χ0n) is 11.6. The van der Waals surface area contributed by atoms with E-state index in [4.69, 9.17) is 4.84 Å². The lowest BCUT2D eigenvalue weighted by Crippen LogP contribution is -2.34. The summed E-state index contributed by atoms with van der Waals surface area (Å²) >= 11 is 0. The lowest BCUT2D eigenvalue weighted by Gasteiger charge is -2.31. The lowest BCUT2D eigenvalue weighted by molar-refractivity contribution is -0.00975. The van der Waals surface area contributed by atoms with E-state index in [1.807, 2.05) is 18.2 Å². The Kier molecular flexibility index (Phi) is 5.21. The standard InChI is InChI=1S/C16H25NO/c1-13(2)15-8-10-16(11-9-15)17-18-12-14-6-4-3-5-7-14/h3-7,13,15-17H,8-12H2,1-2H3. The second-order valence-corrected chi connectivity index (χ2v) is 5.75. The van der Waals surface area contributed by atoms with Gasteiger partial charge >= 0.3 is 0 Å². The highest BCUT2D eigenvalue weighted by Gasteiger charge is 2.22. The van der Waals surface area contributed by atoms with Crippen LogP contribution in [0.15, 0.2) is 30.3 Å². The molecule has 0 amide bonds. The van der Waals surface area contributed by atoms with Crippen LogP contribution in [-0.2, 0) is 11.4 Å². The van der Waals surface area contributed by atoms with Crippen LogP contribution >= 0.6 is 0 Å². The van der Waals surface area contributed by atoms with Gasteiger partial charge in [0.25, 0.3) is 0 Å². The predicted octanol–water partition coefficient (Wildman–Crippen LogP) is 3.92. The molecule has 0 heterocycles. The Labute approximate surface area is 111 Å². The quantitative estimate of drug-likeness (QED) is 0.796. The van der Waals surface area contributed by atoms with Gasteiger partial charge in [0.1, 0.15) is 0 Å². The second-order valence-electron chi connectivity index (χ2n) is 5.75. The molecule has 2 nitrogen and oxygen atoms in total. The van der Waals surface area contributed by atoms with E-state index in [1.165, 1.54) is 31.2 Å². The van der Waals surface area contributed by atoms with Crippen molar-refractivity contribution in [3.05, 3.63) is 35.9 Å². The van der Waals surface area contributed by atoms with Crippen LogP contribution in [0.25, 0.3) is 0 Å². The van der Waals surface area contributed by atoms with Gasteiger partial charge in [-0.15, -0.1) is 0 Å². The summed E-state index contributed by atoms with van der Waals surface area (Å²) in [4.78, 5) is 5.60. The first-order valence-corrected chi connectivity index (χ1v) is 7.17. The van der Waals surface area contributed by atoms with Gasteiger partial charge in [-0.25, -0.2) is 0 Å². The van der Waals surface area contributed by atoms with E-state index in [-0.39, 0.29) is 0 Å². The van der Waals surface area contributed by atoms with E-state index in [2.05, 4.69) is 31.5 Å². The van der Waals surface area contributed by atoms with Crippen molar-refractivity contribution in [3.63, 3.8) is 0 Å². The van der Waals surface area contributed by atoms with Gasteiger partial charge in [-0.2, -0.15) is 5.48 Å². The van der Waals surface area contributed by atoms with Crippen LogP contribution in [0.1, 0.15) is 45.1 Å². The van der Waals surface area contributed by atoms with Crippen LogP contribution in [0.3, 0.4) is 0 Å². The van der Waals surface area contributed by atoms with Crippen LogP contribution in [-0.4, -0.2) is 6.04 Å². The molecule has 1 N–H and O–H groups in total. The van der Waals surface area contributed by atoms with Crippen LogP contribution in [0.4, 0.5) is 0 Å². The molecule has 0 atom stereocenters. The van der Waals surface area contributed by atoms with Crippen molar-refractivity contribution in [1.29, 1.82) is 0 Å². The van der Waals surface area contributed by atoms with E-state index < -0.39 is 0 Å². The molecule has 2 heteroatoms. The molecule has 0 bridgehead atoms. The van der Waals surface area contributed by atoms with E-state index in [0.29, 0.717) is 12.6 Å². The highest BCUT2D eigenvalue weighted by atomic mass is 16.6. The first kappa shape index (κ1) is 13.6. The average Bonchev–Trinajstić information content (AvgIpc) is 2.40. The fourth-order valence-corrected chi connectivity index (χ4v) is 2.72. The molecule has 1 saturated carbocycles. The zero-order chi connectivity index (χ0) is 12.8.